The molecule has 0 radical (unpaired) electrons. The maximum absolute atomic E-state index is 12.3. The average Bonchev–Trinajstić information content (AvgIpc) is 3.14. The summed E-state index contributed by atoms with van der Waals surface area (Å²) >= 11 is 7.37. The molecule has 2 N–H and O–H groups in total. The first-order valence-electron chi connectivity index (χ1n) is 7.86. The number of aromatic nitrogens is 1. The Morgan fingerprint density at radius 1 is 1.25 bits per heavy atom. The van der Waals surface area contributed by atoms with Gasteiger partial charge in [-0.15, -0.1) is 11.3 Å². The number of nitrogens with zero attached hydrogens (tertiary/aromatic N) is 1. The zero-order valence-corrected chi connectivity index (χ0v) is 17.0. The maximum atomic E-state index is 12.3. The zero-order chi connectivity index (χ0) is 20.3. The highest BCUT2D eigenvalue weighted by molar-refractivity contribution is 7.89. The van der Waals surface area contributed by atoms with Gasteiger partial charge in [-0.1, -0.05) is 23.7 Å². The minimum atomic E-state index is -3.96. The van der Waals surface area contributed by atoms with E-state index < -0.39 is 16.0 Å². The third-order valence-electron chi connectivity index (χ3n) is 3.71. The Bertz CT molecular complexity index is 1130. The SMILES string of the molecule is COc1cccc(-c2nc(COC(=O)c3cc(S(N)(=O)=O)ccc3Cl)cs2)c1. The molecule has 0 fully saturated rings. The number of sulfonamides is 1. The van der Waals surface area contributed by atoms with Crippen LogP contribution in [0.2, 0.25) is 5.02 Å². The number of hydrogen-bond acceptors (Lipinski definition) is 7. The number of benzene rings is 2. The standard InChI is InChI=1S/C18H15ClN2O5S2/c1-25-13-4-2-3-11(7-13)17-21-12(10-27-17)9-26-18(22)15-8-14(28(20,23)24)5-6-16(15)19/h2-8,10H,9H2,1H3,(H2,20,23,24). The number of primary sulfonamides is 1. The molecule has 0 unspecified atom stereocenters. The van der Waals surface area contributed by atoms with Crippen molar-refractivity contribution in [3.63, 3.8) is 0 Å². The van der Waals surface area contributed by atoms with Crippen molar-refractivity contribution in [3.8, 4) is 16.3 Å². The topological polar surface area (TPSA) is 109 Å². The lowest BCUT2D eigenvalue weighted by molar-refractivity contribution is 0.0468. The number of carbonyl (C=O) groups is 1. The van der Waals surface area contributed by atoms with Crippen LogP contribution in [0.3, 0.4) is 0 Å². The van der Waals surface area contributed by atoms with E-state index in [1.54, 1.807) is 12.5 Å². The molecule has 2 aromatic carbocycles. The van der Waals surface area contributed by atoms with E-state index in [9.17, 15) is 13.2 Å². The van der Waals surface area contributed by atoms with Gasteiger partial charge < -0.3 is 9.47 Å². The summed E-state index contributed by atoms with van der Waals surface area (Å²) in [5.74, 6) is -0.0588. The fraction of sp³-hybridized carbons (Fsp3) is 0.111. The van der Waals surface area contributed by atoms with Crippen molar-refractivity contribution in [3.05, 3.63) is 64.1 Å². The van der Waals surface area contributed by atoms with E-state index in [1.807, 2.05) is 24.3 Å². The van der Waals surface area contributed by atoms with E-state index in [-0.39, 0.29) is 22.1 Å². The van der Waals surface area contributed by atoms with Crippen molar-refractivity contribution >= 4 is 38.9 Å². The number of nitrogens with two attached hydrogens (primary N) is 1. The number of methoxy groups -OCH3 is 1. The molecular formula is C18H15ClN2O5S2. The van der Waals surface area contributed by atoms with Gasteiger partial charge in [0.05, 0.1) is 28.3 Å². The molecule has 0 saturated carbocycles. The van der Waals surface area contributed by atoms with Gasteiger partial charge in [0.1, 0.15) is 17.4 Å². The van der Waals surface area contributed by atoms with Gasteiger partial charge in [-0.3, -0.25) is 0 Å². The number of ether oxygens (including phenoxy) is 2. The summed E-state index contributed by atoms with van der Waals surface area (Å²) in [6.07, 6.45) is 0. The van der Waals surface area contributed by atoms with Gasteiger partial charge in [0.15, 0.2) is 0 Å². The van der Waals surface area contributed by atoms with Crippen molar-refractivity contribution in [2.24, 2.45) is 5.14 Å². The van der Waals surface area contributed by atoms with Crippen molar-refractivity contribution in [1.82, 2.24) is 4.98 Å². The number of hydrogen-bond donors (Lipinski definition) is 1. The lowest BCUT2D eigenvalue weighted by atomic mass is 10.2. The number of thiazole rings is 1. The number of esters is 1. The van der Waals surface area contributed by atoms with Crippen molar-refractivity contribution in [2.75, 3.05) is 7.11 Å². The summed E-state index contributed by atoms with van der Waals surface area (Å²) < 4.78 is 33.3. The van der Waals surface area contributed by atoms with Gasteiger partial charge in [-0.25, -0.2) is 23.3 Å². The van der Waals surface area contributed by atoms with Crippen LogP contribution in [0.5, 0.6) is 5.75 Å². The Hall–Kier alpha value is -2.46. The molecule has 1 aromatic heterocycles. The molecule has 0 spiro atoms. The normalized spacial score (nSPS) is 11.2. The summed E-state index contributed by atoms with van der Waals surface area (Å²) in [5.41, 5.74) is 1.34. The van der Waals surface area contributed by atoms with E-state index >= 15 is 0 Å². The van der Waals surface area contributed by atoms with E-state index in [2.05, 4.69) is 4.98 Å². The van der Waals surface area contributed by atoms with Gasteiger partial charge in [0.2, 0.25) is 10.0 Å². The van der Waals surface area contributed by atoms with Crippen molar-refractivity contribution in [1.29, 1.82) is 0 Å². The lowest BCUT2D eigenvalue weighted by Crippen LogP contribution is -2.14. The summed E-state index contributed by atoms with van der Waals surface area (Å²) in [5, 5.41) is 7.66. The summed E-state index contributed by atoms with van der Waals surface area (Å²) in [7, 11) is -2.38. The molecule has 28 heavy (non-hydrogen) atoms. The maximum Gasteiger partial charge on any atom is 0.340 e. The van der Waals surface area contributed by atoms with Crippen LogP contribution in [-0.2, 0) is 21.4 Å². The average molecular weight is 439 g/mol. The molecule has 0 aliphatic rings. The highest BCUT2D eigenvalue weighted by Gasteiger charge is 2.17. The molecule has 0 atom stereocenters. The van der Waals surface area contributed by atoms with Gasteiger partial charge in [0.25, 0.3) is 0 Å². The first kappa shape index (κ1) is 20.3. The van der Waals surface area contributed by atoms with Crippen LogP contribution < -0.4 is 9.88 Å². The first-order valence-corrected chi connectivity index (χ1v) is 10.7. The molecule has 3 rings (SSSR count). The number of halogens is 1. The van der Waals surface area contributed by atoms with Gasteiger partial charge in [-0.2, -0.15) is 0 Å². The molecule has 0 aliphatic heterocycles. The van der Waals surface area contributed by atoms with Crippen LogP contribution in [0.25, 0.3) is 10.6 Å². The largest absolute Gasteiger partial charge is 0.497 e. The monoisotopic (exact) mass is 438 g/mol. The van der Waals surface area contributed by atoms with Crippen LogP contribution in [0, 0.1) is 0 Å². The Morgan fingerprint density at radius 3 is 2.75 bits per heavy atom. The van der Waals surface area contributed by atoms with Crippen LogP contribution in [0.1, 0.15) is 16.1 Å². The van der Waals surface area contributed by atoms with Crippen LogP contribution >= 0.6 is 22.9 Å². The second-order valence-corrected chi connectivity index (χ2v) is 8.47. The molecular weight excluding hydrogens is 424 g/mol. The summed E-state index contributed by atoms with van der Waals surface area (Å²) in [6.45, 7) is -0.0881. The lowest BCUT2D eigenvalue weighted by Gasteiger charge is -2.07. The van der Waals surface area contributed by atoms with Crippen molar-refractivity contribution < 1.29 is 22.7 Å². The number of rotatable bonds is 6. The highest BCUT2D eigenvalue weighted by Crippen LogP contribution is 2.27. The zero-order valence-electron chi connectivity index (χ0n) is 14.6. The van der Waals surface area contributed by atoms with E-state index in [1.165, 1.54) is 23.5 Å². The molecule has 10 heteroatoms. The Kier molecular flexibility index (Phi) is 5.99. The Labute approximate surface area is 170 Å². The van der Waals surface area contributed by atoms with Gasteiger partial charge in [0, 0.05) is 10.9 Å². The highest BCUT2D eigenvalue weighted by atomic mass is 35.5. The minimum Gasteiger partial charge on any atom is -0.497 e. The van der Waals surface area contributed by atoms with E-state index in [4.69, 9.17) is 26.2 Å². The van der Waals surface area contributed by atoms with Crippen molar-refractivity contribution in [2.45, 2.75) is 11.5 Å². The molecule has 0 saturated heterocycles. The molecule has 0 bridgehead atoms. The Morgan fingerprint density at radius 2 is 2.04 bits per heavy atom. The molecule has 3 aromatic rings. The van der Waals surface area contributed by atoms with Gasteiger partial charge in [-0.05, 0) is 30.3 Å². The second kappa shape index (κ2) is 8.27. The molecule has 0 amide bonds. The number of carbonyl (C=O) groups excluding carboxylic acids is 1. The third kappa shape index (κ3) is 4.68. The first-order chi connectivity index (χ1) is 13.3. The molecule has 7 nitrogen and oxygen atoms in total. The predicted octanol–water partition coefficient (Wildman–Crippen LogP) is 3.48. The fourth-order valence-corrected chi connectivity index (χ4v) is 3.85. The van der Waals surface area contributed by atoms with Crippen LogP contribution in [0.15, 0.2) is 52.7 Å². The van der Waals surface area contributed by atoms with E-state index in [0.29, 0.717) is 11.4 Å². The fourth-order valence-electron chi connectivity index (χ4n) is 2.32. The summed E-state index contributed by atoms with van der Waals surface area (Å²) in [6, 6.07) is 11.0. The van der Waals surface area contributed by atoms with E-state index in [0.717, 1.165) is 16.6 Å². The molecule has 146 valence electrons. The smallest absolute Gasteiger partial charge is 0.340 e. The molecule has 0 aliphatic carbocycles. The van der Waals surface area contributed by atoms with Gasteiger partial charge >= 0.3 is 5.97 Å². The third-order valence-corrected chi connectivity index (χ3v) is 5.89. The van der Waals surface area contributed by atoms with Crippen LogP contribution in [0.4, 0.5) is 0 Å². The predicted molar refractivity (Wildman–Crippen MR) is 106 cm³/mol. The second-order valence-electron chi connectivity index (χ2n) is 5.64. The molecule has 1 heterocycles. The minimum absolute atomic E-state index is 0.0627. The quantitative estimate of drug-likeness (QED) is 0.590. The summed E-state index contributed by atoms with van der Waals surface area (Å²) in [4.78, 5) is 16.5. The Balaban J connectivity index is 1.73. The van der Waals surface area contributed by atoms with Crippen LogP contribution in [-0.4, -0.2) is 26.5 Å².